The van der Waals surface area contributed by atoms with Crippen molar-refractivity contribution in [3.63, 3.8) is 0 Å². The van der Waals surface area contributed by atoms with E-state index >= 15 is 0 Å². The number of aryl methyl sites for hydroxylation is 1. The minimum absolute atomic E-state index is 0.0138. The van der Waals surface area contributed by atoms with E-state index < -0.39 is 0 Å². The van der Waals surface area contributed by atoms with Crippen LogP contribution >= 0.6 is 15.9 Å². The van der Waals surface area contributed by atoms with Crippen molar-refractivity contribution in [2.75, 3.05) is 0 Å². The Kier molecular flexibility index (Phi) is 3.44. The quantitative estimate of drug-likeness (QED) is 0.711. The van der Waals surface area contributed by atoms with Gasteiger partial charge in [0.05, 0.1) is 4.83 Å². The first-order valence-corrected chi connectivity index (χ1v) is 7.08. The number of carbonyl (C=O) groups excluding carboxylic acids is 1. The molecule has 17 heavy (non-hydrogen) atoms. The van der Waals surface area contributed by atoms with Gasteiger partial charge in [-0.3, -0.25) is 4.79 Å². The topological polar surface area (TPSA) is 17.1 Å². The molecule has 2 heteroatoms. The maximum atomic E-state index is 12.1. The van der Waals surface area contributed by atoms with Gasteiger partial charge in [-0.05, 0) is 41.9 Å². The van der Waals surface area contributed by atoms with Crippen LogP contribution in [-0.2, 0) is 12.8 Å². The first-order valence-electron chi connectivity index (χ1n) is 6.17. The second kappa shape index (κ2) is 4.56. The molecular weight excluding hydrogens is 276 g/mol. The van der Waals surface area contributed by atoms with Crippen molar-refractivity contribution >= 4 is 21.7 Å². The summed E-state index contributed by atoms with van der Waals surface area (Å²) in [6.45, 7) is 6.67. The molecule has 1 aromatic carbocycles. The molecule has 0 unspecified atom stereocenters. The maximum Gasteiger partial charge on any atom is 0.176 e. The third kappa shape index (κ3) is 2.98. The number of halogens is 1. The van der Waals surface area contributed by atoms with Gasteiger partial charge in [-0.1, -0.05) is 48.8 Å². The van der Waals surface area contributed by atoms with E-state index in [0.717, 1.165) is 24.8 Å². The fourth-order valence-electron chi connectivity index (χ4n) is 2.38. The second-order valence-corrected chi connectivity index (χ2v) is 7.20. The Bertz CT molecular complexity index is 443. The average Bonchev–Trinajstić information content (AvgIpc) is 2.22. The number of rotatable bonds is 1. The minimum Gasteiger partial charge on any atom is -0.293 e. The van der Waals surface area contributed by atoms with Gasteiger partial charge in [-0.2, -0.15) is 0 Å². The standard InChI is InChI=1S/C15H19BrO/c1-15(2,3)9-10-4-5-11-6-7-13(16)14(17)12(11)8-10/h4-5,8,13H,6-7,9H2,1-3H3/t13-/m0/s1. The van der Waals surface area contributed by atoms with Crippen LogP contribution in [0.1, 0.15) is 48.7 Å². The lowest BCUT2D eigenvalue weighted by Gasteiger charge is -2.22. The summed E-state index contributed by atoms with van der Waals surface area (Å²) in [6.07, 6.45) is 2.94. The zero-order valence-corrected chi connectivity index (χ0v) is 12.3. The number of Topliss-reactive ketones (excluding diaryl/α,β-unsaturated/α-hetero) is 1. The monoisotopic (exact) mass is 294 g/mol. The van der Waals surface area contributed by atoms with Crippen molar-refractivity contribution < 1.29 is 4.79 Å². The lowest BCUT2D eigenvalue weighted by atomic mass is 9.84. The van der Waals surface area contributed by atoms with Crippen molar-refractivity contribution in [1.29, 1.82) is 0 Å². The largest absolute Gasteiger partial charge is 0.293 e. The smallest absolute Gasteiger partial charge is 0.176 e. The van der Waals surface area contributed by atoms with Crippen molar-refractivity contribution in [3.05, 3.63) is 34.9 Å². The third-order valence-corrected chi connectivity index (χ3v) is 4.00. The molecule has 1 aromatic rings. The molecule has 0 spiro atoms. The summed E-state index contributed by atoms with van der Waals surface area (Å²) < 4.78 is 0. The fraction of sp³-hybridized carbons (Fsp3) is 0.533. The average molecular weight is 295 g/mol. The number of hydrogen-bond donors (Lipinski definition) is 0. The highest BCUT2D eigenvalue weighted by Gasteiger charge is 2.25. The first kappa shape index (κ1) is 12.8. The Balaban J connectivity index is 2.33. The van der Waals surface area contributed by atoms with Crippen LogP contribution in [0.5, 0.6) is 0 Å². The predicted molar refractivity (Wildman–Crippen MR) is 75.0 cm³/mol. The zero-order chi connectivity index (χ0) is 12.6. The van der Waals surface area contributed by atoms with E-state index in [2.05, 4.69) is 54.9 Å². The van der Waals surface area contributed by atoms with Gasteiger partial charge in [0.1, 0.15) is 0 Å². The molecule has 0 bridgehead atoms. The Morgan fingerprint density at radius 1 is 1.35 bits per heavy atom. The number of benzene rings is 1. The van der Waals surface area contributed by atoms with E-state index in [1.165, 1.54) is 11.1 Å². The van der Waals surface area contributed by atoms with Crippen LogP contribution in [0.2, 0.25) is 0 Å². The Labute approximate surface area is 112 Å². The predicted octanol–water partition coefficient (Wildman–Crippen LogP) is 4.17. The molecule has 0 aromatic heterocycles. The van der Waals surface area contributed by atoms with Gasteiger partial charge in [0.2, 0.25) is 0 Å². The summed E-state index contributed by atoms with van der Waals surface area (Å²) in [4.78, 5) is 12.1. The zero-order valence-electron chi connectivity index (χ0n) is 10.7. The van der Waals surface area contributed by atoms with Gasteiger partial charge < -0.3 is 0 Å². The highest BCUT2D eigenvalue weighted by molar-refractivity contribution is 9.10. The molecule has 2 rings (SSSR count). The van der Waals surface area contributed by atoms with Crippen molar-refractivity contribution in [1.82, 2.24) is 0 Å². The molecule has 0 heterocycles. The fourth-order valence-corrected chi connectivity index (χ4v) is 2.85. The molecule has 0 aliphatic heterocycles. The number of hydrogen-bond acceptors (Lipinski definition) is 1. The van der Waals surface area contributed by atoms with E-state index in [-0.39, 0.29) is 16.0 Å². The highest BCUT2D eigenvalue weighted by atomic mass is 79.9. The lowest BCUT2D eigenvalue weighted by molar-refractivity contribution is 0.0981. The lowest BCUT2D eigenvalue weighted by Crippen LogP contribution is -2.23. The molecule has 0 amide bonds. The Hall–Kier alpha value is -0.630. The number of alkyl halides is 1. The van der Waals surface area contributed by atoms with Gasteiger partial charge in [0.15, 0.2) is 5.78 Å². The summed E-state index contributed by atoms with van der Waals surface area (Å²) in [7, 11) is 0. The normalized spacial score (nSPS) is 20.2. The van der Waals surface area contributed by atoms with Crippen LogP contribution in [0, 0.1) is 5.41 Å². The maximum absolute atomic E-state index is 12.1. The molecule has 1 aliphatic carbocycles. The van der Waals surface area contributed by atoms with E-state index in [4.69, 9.17) is 0 Å². The van der Waals surface area contributed by atoms with E-state index in [0.29, 0.717) is 0 Å². The van der Waals surface area contributed by atoms with E-state index in [1.807, 2.05) is 0 Å². The van der Waals surface area contributed by atoms with Crippen LogP contribution in [0.4, 0.5) is 0 Å². The SMILES string of the molecule is CC(C)(C)Cc1ccc2c(c1)C(=O)[C@@H](Br)CC2. The molecule has 92 valence electrons. The van der Waals surface area contributed by atoms with Crippen LogP contribution in [0.3, 0.4) is 0 Å². The molecule has 0 fully saturated rings. The van der Waals surface area contributed by atoms with Crippen molar-refractivity contribution in [2.45, 2.75) is 44.9 Å². The summed E-state index contributed by atoms with van der Waals surface area (Å²) in [5, 5.41) is 0. The summed E-state index contributed by atoms with van der Waals surface area (Å²) in [6, 6.07) is 6.40. The number of carbonyl (C=O) groups is 1. The second-order valence-electron chi connectivity index (χ2n) is 6.10. The van der Waals surface area contributed by atoms with Gasteiger partial charge >= 0.3 is 0 Å². The molecule has 0 saturated heterocycles. The molecule has 0 saturated carbocycles. The summed E-state index contributed by atoms with van der Waals surface area (Å²) in [5.74, 6) is 0.252. The molecule has 1 aliphatic rings. The Morgan fingerprint density at radius 2 is 2.06 bits per heavy atom. The molecule has 0 N–H and O–H groups in total. The molecule has 1 atom stereocenters. The summed E-state index contributed by atoms with van der Waals surface area (Å²) in [5.41, 5.74) is 3.68. The summed E-state index contributed by atoms with van der Waals surface area (Å²) >= 11 is 3.46. The van der Waals surface area contributed by atoms with E-state index in [1.54, 1.807) is 0 Å². The van der Waals surface area contributed by atoms with Crippen molar-refractivity contribution in [2.24, 2.45) is 5.41 Å². The number of ketones is 1. The molecule has 1 nitrogen and oxygen atoms in total. The molecule has 0 radical (unpaired) electrons. The Morgan fingerprint density at radius 3 is 2.71 bits per heavy atom. The first-order chi connectivity index (χ1) is 7.87. The van der Waals surface area contributed by atoms with Crippen molar-refractivity contribution in [3.8, 4) is 0 Å². The number of fused-ring (bicyclic) bond motifs is 1. The van der Waals surface area contributed by atoms with Crippen LogP contribution in [-0.4, -0.2) is 10.6 Å². The van der Waals surface area contributed by atoms with Crippen LogP contribution in [0.15, 0.2) is 18.2 Å². The van der Waals surface area contributed by atoms with Gasteiger partial charge in [0.25, 0.3) is 0 Å². The third-order valence-electron chi connectivity index (χ3n) is 3.13. The van der Waals surface area contributed by atoms with E-state index in [9.17, 15) is 4.79 Å². The highest BCUT2D eigenvalue weighted by Crippen LogP contribution is 2.28. The minimum atomic E-state index is 0.0138. The molecular formula is C15H19BrO. The van der Waals surface area contributed by atoms with Gasteiger partial charge in [0, 0.05) is 5.56 Å². The van der Waals surface area contributed by atoms with Gasteiger partial charge in [-0.25, -0.2) is 0 Å². The van der Waals surface area contributed by atoms with Crippen LogP contribution in [0.25, 0.3) is 0 Å². The van der Waals surface area contributed by atoms with Crippen LogP contribution < -0.4 is 0 Å². The van der Waals surface area contributed by atoms with Gasteiger partial charge in [-0.15, -0.1) is 0 Å².